The highest BCUT2D eigenvalue weighted by atomic mass is 16.6. The second-order valence-corrected chi connectivity index (χ2v) is 7.43. The van der Waals surface area contributed by atoms with Crippen molar-refractivity contribution in [3.8, 4) is 0 Å². The number of hydrogen-bond donors (Lipinski definition) is 1. The topological polar surface area (TPSA) is 67.9 Å². The molecule has 2 saturated heterocycles. The van der Waals surface area contributed by atoms with Gasteiger partial charge in [0.1, 0.15) is 12.2 Å². The van der Waals surface area contributed by atoms with Crippen molar-refractivity contribution < 1.29 is 19.1 Å². The Labute approximate surface area is 142 Å². The van der Waals surface area contributed by atoms with Crippen molar-refractivity contribution in [3.05, 3.63) is 35.9 Å². The second kappa shape index (κ2) is 6.34. The Morgan fingerprint density at radius 1 is 1.25 bits per heavy atom. The molecule has 3 atom stereocenters. The lowest BCUT2D eigenvalue weighted by molar-refractivity contribution is 0.0219. The van der Waals surface area contributed by atoms with E-state index >= 15 is 0 Å². The zero-order chi connectivity index (χ0) is 17.3. The van der Waals surface area contributed by atoms with Crippen molar-refractivity contribution >= 4 is 12.2 Å². The van der Waals surface area contributed by atoms with Gasteiger partial charge < -0.3 is 19.7 Å². The molecule has 0 spiro atoms. The Bertz CT molecular complexity index is 611. The largest absolute Gasteiger partial charge is 0.445 e. The first-order chi connectivity index (χ1) is 11.3. The van der Waals surface area contributed by atoms with E-state index in [9.17, 15) is 9.59 Å². The third kappa shape index (κ3) is 3.63. The van der Waals surface area contributed by atoms with Crippen LogP contribution in [0.15, 0.2) is 30.3 Å². The number of nitrogens with one attached hydrogen (secondary N) is 1. The normalized spacial score (nSPS) is 25.0. The Morgan fingerprint density at radius 3 is 2.62 bits per heavy atom. The fraction of sp³-hybridized carbons (Fsp3) is 0.556. The molecule has 6 nitrogen and oxygen atoms in total. The van der Waals surface area contributed by atoms with Crippen molar-refractivity contribution in [2.45, 2.75) is 51.5 Å². The van der Waals surface area contributed by atoms with Gasteiger partial charge >= 0.3 is 12.2 Å². The number of rotatable bonds is 3. The average molecular weight is 332 g/mol. The maximum absolute atomic E-state index is 12.2. The van der Waals surface area contributed by atoms with Crippen LogP contribution in [0.1, 0.15) is 32.8 Å². The third-order valence-electron chi connectivity index (χ3n) is 4.42. The van der Waals surface area contributed by atoms with Gasteiger partial charge in [0.15, 0.2) is 0 Å². The van der Waals surface area contributed by atoms with Gasteiger partial charge in [-0.05, 0) is 32.8 Å². The van der Waals surface area contributed by atoms with E-state index in [2.05, 4.69) is 5.32 Å². The summed E-state index contributed by atoms with van der Waals surface area (Å²) >= 11 is 0. The molecule has 2 amide bonds. The molecule has 0 aromatic heterocycles. The van der Waals surface area contributed by atoms with Gasteiger partial charge in [-0.25, -0.2) is 9.59 Å². The van der Waals surface area contributed by atoms with Crippen LogP contribution in [0.3, 0.4) is 0 Å². The predicted octanol–water partition coefficient (Wildman–Crippen LogP) is 2.92. The highest BCUT2D eigenvalue weighted by molar-refractivity contribution is 5.72. The molecule has 4 rings (SSSR count). The van der Waals surface area contributed by atoms with Crippen molar-refractivity contribution in [2.75, 3.05) is 6.54 Å². The number of carbonyl (C=O) groups is 2. The Morgan fingerprint density at radius 2 is 1.96 bits per heavy atom. The molecular weight excluding hydrogens is 308 g/mol. The standard InChI is InChI=1S/C18H24N2O4/c1-18(2,3)24-17(22)20-10-13-9-14(20)15(13)19-16(21)23-11-12-7-5-4-6-8-12/h4-8,13-15H,9-11H2,1-3H3,(H,19,21)/t13-,14-,15-/m1/s1. The van der Waals surface area contributed by atoms with Crippen LogP contribution in [-0.4, -0.2) is 41.3 Å². The van der Waals surface area contributed by atoms with Gasteiger partial charge in [0.25, 0.3) is 0 Å². The summed E-state index contributed by atoms with van der Waals surface area (Å²) in [6.45, 7) is 6.42. The number of amides is 2. The highest BCUT2D eigenvalue weighted by Gasteiger charge is 2.55. The molecule has 2 aliphatic heterocycles. The summed E-state index contributed by atoms with van der Waals surface area (Å²) in [6.07, 6.45) is 0.157. The summed E-state index contributed by atoms with van der Waals surface area (Å²) in [4.78, 5) is 25.9. The Balaban J connectivity index is 1.47. The van der Waals surface area contributed by atoms with Crippen molar-refractivity contribution in [3.63, 3.8) is 0 Å². The van der Waals surface area contributed by atoms with Gasteiger partial charge in [0.2, 0.25) is 0 Å². The molecule has 1 N–H and O–H groups in total. The fourth-order valence-corrected chi connectivity index (χ4v) is 3.26. The summed E-state index contributed by atoms with van der Waals surface area (Å²) in [5.74, 6) is 0.284. The van der Waals surface area contributed by atoms with E-state index < -0.39 is 11.7 Å². The minimum Gasteiger partial charge on any atom is -0.445 e. The molecule has 0 unspecified atom stereocenters. The Kier molecular flexibility index (Phi) is 4.39. The first-order valence-electron chi connectivity index (χ1n) is 8.30. The molecule has 3 aliphatic rings. The van der Waals surface area contributed by atoms with Crippen LogP contribution in [0.4, 0.5) is 9.59 Å². The number of hydrogen-bond acceptors (Lipinski definition) is 4. The maximum atomic E-state index is 12.2. The average Bonchev–Trinajstić information content (AvgIpc) is 3.09. The molecule has 6 heteroatoms. The lowest BCUT2D eigenvalue weighted by Gasteiger charge is -2.36. The van der Waals surface area contributed by atoms with E-state index in [-0.39, 0.29) is 30.7 Å². The molecule has 2 bridgehead atoms. The van der Waals surface area contributed by atoms with Crippen LogP contribution >= 0.6 is 0 Å². The minimum atomic E-state index is -0.512. The van der Waals surface area contributed by atoms with E-state index in [1.165, 1.54) is 0 Å². The van der Waals surface area contributed by atoms with Crippen LogP contribution in [-0.2, 0) is 16.1 Å². The summed E-state index contributed by atoms with van der Waals surface area (Å²) in [5, 5.41) is 2.89. The second-order valence-electron chi connectivity index (χ2n) is 7.43. The summed E-state index contributed by atoms with van der Waals surface area (Å²) in [6, 6.07) is 9.51. The third-order valence-corrected chi connectivity index (χ3v) is 4.42. The molecule has 0 radical (unpaired) electrons. The van der Waals surface area contributed by atoms with Crippen molar-refractivity contribution in [2.24, 2.45) is 5.92 Å². The van der Waals surface area contributed by atoms with Gasteiger partial charge in [-0.15, -0.1) is 0 Å². The molecular formula is C18H24N2O4. The SMILES string of the molecule is CC(C)(C)OC(=O)N1C[C@H]2C[C@@H]1[C@@H]2NC(=O)OCc1ccccc1. The van der Waals surface area contributed by atoms with Gasteiger partial charge in [-0.3, -0.25) is 0 Å². The van der Waals surface area contributed by atoms with Crippen LogP contribution in [0.25, 0.3) is 0 Å². The number of benzene rings is 1. The van der Waals surface area contributed by atoms with E-state index in [4.69, 9.17) is 9.47 Å². The zero-order valence-corrected chi connectivity index (χ0v) is 14.3. The highest BCUT2D eigenvalue weighted by Crippen LogP contribution is 2.41. The number of alkyl carbamates (subject to hydrolysis) is 1. The molecule has 1 aliphatic carbocycles. The molecule has 2 heterocycles. The van der Waals surface area contributed by atoms with Gasteiger partial charge in [0.05, 0.1) is 12.1 Å². The summed E-state index contributed by atoms with van der Waals surface area (Å²) in [5.41, 5.74) is 0.432. The first kappa shape index (κ1) is 16.6. The van der Waals surface area contributed by atoms with Crippen molar-refractivity contribution in [1.82, 2.24) is 10.2 Å². The lowest BCUT2D eigenvalue weighted by Crippen LogP contribution is -2.55. The van der Waals surface area contributed by atoms with Gasteiger partial charge in [-0.1, -0.05) is 30.3 Å². The van der Waals surface area contributed by atoms with Crippen LogP contribution in [0, 0.1) is 5.92 Å². The van der Waals surface area contributed by atoms with Gasteiger partial charge in [-0.2, -0.15) is 0 Å². The fourth-order valence-electron chi connectivity index (χ4n) is 3.26. The summed E-state index contributed by atoms with van der Waals surface area (Å²) in [7, 11) is 0. The van der Waals surface area contributed by atoms with E-state index in [0.29, 0.717) is 6.54 Å². The van der Waals surface area contributed by atoms with E-state index in [1.54, 1.807) is 4.90 Å². The predicted molar refractivity (Wildman–Crippen MR) is 88.4 cm³/mol. The van der Waals surface area contributed by atoms with Crippen LogP contribution < -0.4 is 5.32 Å². The quantitative estimate of drug-likeness (QED) is 0.924. The maximum Gasteiger partial charge on any atom is 0.410 e. The number of fused-ring (bicyclic) bond motifs is 1. The number of ether oxygens (including phenoxy) is 2. The molecule has 130 valence electrons. The first-order valence-corrected chi connectivity index (χ1v) is 8.30. The monoisotopic (exact) mass is 332 g/mol. The smallest absolute Gasteiger partial charge is 0.410 e. The molecule has 1 saturated carbocycles. The van der Waals surface area contributed by atoms with Crippen LogP contribution in [0.2, 0.25) is 0 Å². The molecule has 1 aromatic rings. The molecule has 3 fully saturated rings. The van der Waals surface area contributed by atoms with E-state index in [0.717, 1.165) is 12.0 Å². The molecule has 1 aromatic carbocycles. The summed E-state index contributed by atoms with van der Waals surface area (Å²) < 4.78 is 10.7. The lowest BCUT2D eigenvalue weighted by atomic mass is 9.80. The van der Waals surface area contributed by atoms with E-state index in [1.807, 2.05) is 51.1 Å². The molecule has 24 heavy (non-hydrogen) atoms. The minimum absolute atomic E-state index is 0.00845. The number of nitrogens with zero attached hydrogens (tertiary/aromatic N) is 1. The number of carbonyl (C=O) groups excluding carboxylic acids is 2. The van der Waals surface area contributed by atoms with Crippen LogP contribution in [0.5, 0.6) is 0 Å². The van der Waals surface area contributed by atoms with Gasteiger partial charge in [0, 0.05) is 12.5 Å². The van der Waals surface area contributed by atoms with Crippen molar-refractivity contribution in [1.29, 1.82) is 0 Å². The Hall–Kier alpha value is -2.24. The zero-order valence-electron chi connectivity index (χ0n) is 14.3.